The molecule has 94 valence electrons. The maximum Gasteiger partial charge on any atom is 0.240 e. The average molecular weight is 236 g/mol. The van der Waals surface area contributed by atoms with Crippen molar-refractivity contribution in [3.05, 3.63) is 0 Å². The van der Waals surface area contributed by atoms with Crippen molar-refractivity contribution in [2.45, 2.75) is 57.7 Å². The van der Waals surface area contributed by atoms with Crippen molar-refractivity contribution in [1.82, 2.24) is 4.90 Å². The number of carbonyl (C=O) groups excluding carboxylic acids is 1. The van der Waals surface area contributed by atoms with Crippen LogP contribution < -0.4 is 0 Å². The smallest absolute Gasteiger partial charge is 0.240 e. The Bertz CT molecular complexity index is 334. The summed E-state index contributed by atoms with van der Waals surface area (Å²) in [6.45, 7) is 3.82. The van der Waals surface area contributed by atoms with Crippen molar-refractivity contribution < 1.29 is 9.90 Å². The molecular formula is C13H20N2O2. The van der Waals surface area contributed by atoms with Crippen LogP contribution in [0, 0.1) is 23.2 Å². The molecule has 0 spiro atoms. The summed E-state index contributed by atoms with van der Waals surface area (Å²) in [4.78, 5) is 14.2. The number of carbonyl (C=O) groups is 1. The zero-order valence-electron chi connectivity index (χ0n) is 10.5. The molecule has 4 nitrogen and oxygen atoms in total. The number of aliphatic hydroxyl groups is 1. The first kappa shape index (κ1) is 12.4. The van der Waals surface area contributed by atoms with Crippen LogP contribution in [0.3, 0.4) is 0 Å². The Morgan fingerprint density at radius 3 is 2.29 bits per heavy atom. The highest BCUT2D eigenvalue weighted by Gasteiger charge is 2.44. The Morgan fingerprint density at radius 2 is 1.88 bits per heavy atom. The van der Waals surface area contributed by atoms with Crippen molar-refractivity contribution in [2.75, 3.05) is 0 Å². The highest BCUT2D eigenvalue weighted by molar-refractivity contribution is 5.82. The predicted molar refractivity (Wildman–Crippen MR) is 62.8 cm³/mol. The SMILES string of the molecule is CC(C)C(C#N)C(=O)N1C2CCC1CC(O)C2. The second-order valence-corrected chi connectivity index (χ2v) is 5.61. The van der Waals surface area contributed by atoms with Crippen LogP contribution in [0.2, 0.25) is 0 Å². The molecule has 4 heteroatoms. The molecule has 0 saturated carbocycles. The minimum absolute atomic E-state index is 0.0260. The maximum absolute atomic E-state index is 12.4. The third kappa shape index (κ3) is 2.16. The normalized spacial score (nSPS) is 33.6. The Labute approximate surface area is 102 Å². The van der Waals surface area contributed by atoms with Crippen LogP contribution in [-0.2, 0) is 4.79 Å². The highest BCUT2D eigenvalue weighted by atomic mass is 16.3. The number of hydrogen-bond donors (Lipinski definition) is 1. The van der Waals surface area contributed by atoms with Crippen molar-refractivity contribution in [2.24, 2.45) is 11.8 Å². The lowest BCUT2D eigenvalue weighted by molar-refractivity contribution is -0.141. The van der Waals surface area contributed by atoms with E-state index in [0.717, 1.165) is 12.8 Å². The lowest BCUT2D eigenvalue weighted by Crippen LogP contribution is -2.50. The van der Waals surface area contributed by atoms with Gasteiger partial charge in [0.25, 0.3) is 0 Å². The molecule has 3 atom stereocenters. The van der Waals surface area contributed by atoms with E-state index in [0.29, 0.717) is 12.8 Å². The molecule has 0 aromatic carbocycles. The molecule has 0 aromatic heterocycles. The third-order valence-corrected chi connectivity index (χ3v) is 4.03. The average Bonchev–Trinajstić information content (AvgIpc) is 2.51. The first-order valence-electron chi connectivity index (χ1n) is 6.44. The molecule has 2 fully saturated rings. The fourth-order valence-electron chi connectivity index (χ4n) is 3.16. The molecule has 1 amide bonds. The van der Waals surface area contributed by atoms with E-state index in [2.05, 4.69) is 6.07 Å². The van der Waals surface area contributed by atoms with Gasteiger partial charge in [0.1, 0.15) is 5.92 Å². The van der Waals surface area contributed by atoms with Gasteiger partial charge in [0.05, 0.1) is 12.2 Å². The minimum atomic E-state index is -0.534. The van der Waals surface area contributed by atoms with E-state index in [-0.39, 0.29) is 30.0 Å². The van der Waals surface area contributed by atoms with Gasteiger partial charge in [0.15, 0.2) is 0 Å². The molecule has 2 aliphatic heterocycles. The minimum Gasteiger partial charge on any atom is -0.393 e. The molecule has 17 heavy (non-hydrogen) atoms. The van der Waals surface area contributed by atoms with E-state index in [9.17, 15) is 9.90 Å². The maximum atomic E-state index is 12.4. The molecule has 2 saturated heterocycles. The topological polar surface area (TPSA) is 64.3 Å². The van der Waals surface area contributed by atoms with Crippen LogP contribution in [0.15, 0.2) is 0 Å². The van der Waals surface area contributed by atoms with Gasteiger partial charge in [-0.3, -0.25) is 4.79 Å². The predicted octanol–water partition coefficient (Wildman–Crippen LogP) is 1.30. The number of fused-ring (bicyclic) bond motifs is 2. The van der Waals surface area contributed by atoms with Crippen molar-refractivity contribution >= 4 is 5.91 Å². The standard InChI is InChI=1S/C13H20N2O2/c1-8(2)12(7-14)13(17)15-9-3-4-10(15)6-11(16)5-9/h8-12,16H,3-6H2,1-2H3. The molecular weight excluding hydrogens is 216 g/mol. The molecule has 2 rings (SSSR count). The molecule has 2 aliphatic rings. The number of amides is 1. The van der Waals surface area contributed by atoms with Crippen molar-refractivity contribution in [3.8, 4) is 6.07 Å². The van der Waals surface area contributed by atoms with Gasteiger partial charge in [-0.1, -0.05) is 13.8 Å². The quantitative estimate of drug-likeness (QED) is 0.786. The van der Waals surface area contributed by atoms with Gasteiger partial charge in [-0.2, -0.15) is 5.26 Å². The number of nitriles is 1. The fourth-order valence-corrected chi connectivity index (χ4v) is 3.16. The molecule has 0 aromatic rings. The van der Waals surface area contributed by atoms with Crippen LogP contribution in [0.25, 0.3) is 0 Å². The summed E-state index contributed by atoms with van der Waals surface area (Å²) in [6.07, 6.45) is 3.04. The Balaban J connectivity index is 2.14. The summed E-state index contributed by atoms with van der Waals surface area (Å²) >= 11 is 0. The van der Waals surface area contributed by atoms with Gasteiger partial charge in [-0.05, 0) is 31.6 Å². The first-order valence-corrected chi connectivity index (χ1v) is 6.44. The lowest BCUT2D eigenvalue weighted by atomic mass is 9.92. The zero-order valence-corrected chi connectivity index (χ0v) is 10.5. The van der Waals surface area contributed by atoms with Crippen LogP contribution >= 0.6 is 0 Å². The fraction of sp³-hybridized carbons (Fsp3) is 0.846. The number of piperidine rings is 1. The molecule has 2 heterocycles. The zero-order chi connectivity index (χ0) is 12.6. The van der Waals surface area contributed by atoms with Gasteiger partial charge in [-0.15, -0.1) is 0 Å². The van der Waals surface area contributed by atoms with Gasteiger partial charge in [0, 0.05) is 12.1 Å². The van der Waals surface area contributed by atoms with E-state index in [1.165, 1.54) is 0 Å². The summed E-state index contributed by atoms with van der Waals surface area (Å²) in [6, 6.07) is 2.44. The number of nitrogens with zero attached hydrogens (tertiary/aromatic N) is 2. The summed E-state index contributed by atoms with van der Waals surface area (Å²) < 4.78 is 0. The van der Waals surface area contributed by atoms with E-state index in [4.69, 9.17) is 5.26 Å². The van der Waals surface area contributed by atoms with E-state index >= 15 is 0 Å². The van der Waals surface area contributed by atoms with Crippen molar-refractivity contribution in [3.63, 3.8) is 0 Å². The second kappa shape index (κ2) is 4.66. The molecule has 2 bridgehead atoms. The Hall–Kier alpha value is -1.08. The first-order chi connectivity index (χ1) is 8.04. The Morgan fingerprint density at radius 1 is 1.35 bits per heavy atom. The van der Waals surface area contributed by atoms with E-state index < -0.39 is 5.92 Å². The van der Waals surface area contributed by atoms with E-state index in [1.807, 2.05) is 18.7 Å². The summed E-state index contributed by atoms with van der Waals surface area (Å²) in [7, 11) is 0. The van der Waals surface area contributed by atoms with Gasteiger partial charge in [0.2, 0.25) is 5.91 Å². The summed E-state index contributed by atoms with van der Waals surface area (Å²) in [5.41, 5.74) is 0. The summed E-state index contributed by atoms with van der Waals surface area (Å²) in [5, 5.41) is 18.8. The van der Waals surface area contributed by atoms with Crippen LogP contribution in [0.5, 0.6) is 0 Å². The third-order valence-electron chi connectivity index (χ3n) is 4.03. The number of hydrogen-bond acceptors (Lipinski definition) is 3. The van der Waals surface area contributed by atoms with Gasteiger partial charge < -0.3 is 10.0 Å². The molecule has 1 N–H and O–H groups in total. The molecule has 0 radical (unpaired) electrons. The van der Waals surface area contributed by atoms with Crippen LogP contribution in [0.1, 0.15) is 39.5 Å². The highest BCUT2D eigenvalue weighted by Crippen LogP contribution is 2.37. The number of rotatable bonds is 2. The monoisotopic (exact) mass is 236 g/mol. The molecule has 3 unspecified atom stereocenters. The van der Waals surface area contributed by atoms with E-state index in [1.54, 1.807) is 0 Å². The Kier molecular flexibility index (Phi) is 3.39. The van der Waals surface area contributed by atoms with Gasteiger partial charge in [-0.25, -0.2) is 0 Å². The van der Waals surface area contributed by atoms with Gasteiger partial charge >= 0.3 is 0 Å². The largest absolute Gasteiger partial charge is 0.393 e. The number of aliphatic hydroxyl groups excluding tert-OH is 1. The van der Waals surface area contributed by atoms with Crippen LogP contribution in [-0.4, -0.2) is 34.1 Å². The second-order valence-electron chi connectivity index (χ2n) is 5.61. The van der Waals surface area contributed by atoms with Crippen molar-refractivity contribution in [1.29, 1.82) is 5.26 Å². The summed E-state index contributed by atoms with van der Waals surface area (Å²) in [5.74, 6) is -0.506. The molecule has 0 aliphatic carbocycles. The van der Waals surface area contributed by atoms with Crippen LogP contribution in [0.4, 0.5) is 0 Å². The lowest BCUT2D eigenvalue weighted by Gasteiger charge is -2.38.